The summed E-state index contributed by atoms with van der Waals surface area (Å²) in [6.45, 7) is 2.56. The van der Waals surface area contributed by atoms with Gasteiger partial charge in [-0.05, 0) is 56.3 Å². The third-order valence-corrected chi connectivity index (χ3v) is 5.03. The van der Waals surface area contributed by atoms with Crippen molar-refractivity contribution in [3.05, 3.63) is 52.4 Å². The molecule has 154 valence electrons. The molecule has 1 atom stereocenters. The average molecular weight is 398 g/mol. The fourth-order valence-corrected chi connectivity index (χ4v) is 3.09. The number of hydrogen-bond acceptors (Lipinski definition) is 5. The molecule has 29 heavy (non-hydrogen) atoms. The minimum Gasteiger partial charge on any atom is -0.493 e. The van der Waals surface area contributed by atoms with E-state index in [-0.39, 0.29) is 17.6 Å². The first-order valence-electron chi connectivity index (χ1n) is 9.35. The van der Waals surface area contributed by atoms with E-state index in [0.717, 1.165) is 12.0 Å². The fourth-order valence-electron chi connectivity index (χ4n) is 3.09. The standard InChI is InChI=1S/C21H26N4O4/c1-13(20(26)22-15-6-7-16-17(12-15)24-21(27)23-16)25(2)10-9-14-5-8-18(28-3)19(11-14)29-4/h5-8,11-13H,9-10H2,1-4H3,(H,22,26)(H2,23,24,27)/t13-/m0/s1. The number of aromatic amines is 2. The van der Waals surface area contributed by atoms with Crippen LogP contribution in [0.25, 0.3) is 11.0 Å². The number of carbonyl (C=O) groups excluding carboxylic acids is 1. The lowest BCUT2D eigenvalue weighted by molar-refractivity contribution is -0.120. The summed E-state index contributed by atoms with van der Waals surface area (Å²) in [6, 6.07) is 10.8. The van der Waals surface area contributed by atoms with E-state index in [0.29, 0.717) is 34.8 Å². The molecule has 0 spiro atoms. The van der Waals surface area contributed by atoms with Crippen LogP contribution < -0.4 is 20.5 Å². The van der Waals surface area contributed by atoms with Crippen molar-refractivity contribution in [2.24, 2.45) is 0 Å². The number of amides is 1. The maximum Gasteiger partial charge on any atom is 0.323 e. The zero-order valence-corrected chi connectivity index (χ0v) is 17.0. The van der Waals surface area contributed by atoms with Crippen LogP contribution in [0.3, 0.4) is 0 Å². The molecule has 3 aromatic rings. The van der Waals surface area contributed by atoms with Crippen molar-refractivity contribution in [1.29, 1.82) is 0 Å². The smallest absolute Gasteiger partial charge is 0.323 e. The number of methoxy groups -OCH3 is 2. The first-order chi connectivity index (χ1) is 13.9. The van der Waals surface area contributed by atoms with Gasteiger partial charge in [0.25, 0.3) is 0 Å². The minimum atomic E-state index is -0.323. The van der Waals surface area contributed by atoms with Gasteiger partial charge >= 0.3 is 5.69 Å². The number of ether oxygens (including phenoxy) is 2. The van der Waals surface area contributed by atoms with Crippen LogP contribution in [0.4, 0.5) is 5.69 Å². The highest BCUT2D eigenvalue weighted by Gasteiger charge is 2.18. The Morgan fingerprint density at radius 1 is 1.07 bits per heavy atom. The number of nitrogens with one attached hydrogen (secondary N) is 3. The van der Waals surface area contributed by atoms with Gasteiger partial charge in [-0.2, -0.15) is 0 Å². The van der Waals surface area contributed by atoms with E-state index in [2.05, 4.69) is 15.3 Å². The van der Waals surface area contributed by atoms with Crippen LogP contribution in [0.2, 0.25) is 0 Å². The number of imidazole rings is 1. The lowest BCUT2D eigenvalue weighted by Crippen LogP contribution is -2.40. The number of rotatable bonds is 8. The second-order valence-electron chi connectivity index (χ2n) is 6.92. The molecule has 0 bridgehead atoms. The topological polar surface area (TPSA) is 99.5 Å². The summed E-state index contributed by atoms with van der Waals surface area (Å²) in [4.78, 5) is 31.3. The van der Waals surface area contributed by atoms with E-state index in [4.69, 9.17) is 9.47 Å². The van der Waals surface area contributed by atoms with E-state index in [1.165, 1.54) is 0 Å². The number of nitrogens with zero attached hydrogens (tertiary/aromatic N) is 1. The molecule has 0 unspecified atom stereocenters. The molecule has 0 saturated heterocycles. The van der Waals surface area contributed by atoms with Crippen molar-refractivity contribution >= 4 is 22.6 Å². The second-order valence-corrected chi connectivity index (χ2v) is 6.92. The molecule has 3 rings (SSSR count). The average Bonchev–Trinajstić information content (AvgIpc) is 3.10. The summed E-state index contributed by atoms with van der Waals surface area (Å²) in [5.74, 6) is 1.27. The Labute approximate surface area is 168 Å². The molecule has 8 heteroatoms. The molecule has 0 fully saturated rings. The zero-order valence-electron chi connectivity index (χ0n) is 17.0. The van der Waals surface area contributed by atoms with Crippen molar-refractivity contribution in [2.45, 2.75) is 19.4 Å². The third-order valence-electron chi connectivity index (χ3n) is 5.03. The summed E-state index contributed by atoms with van der Waals surface area (Å²) >= 11 is 0. The van der Waals surface area contributed by atoms with Crippen LogP contribution in [0.15, 0.2) is 41.2 Å². The number of hydrogen-bond donors (Lipinski definition) is 3. The van der Waals surface area contributed by atoms with E-state index < -0.39 is 0 Å². The Bertz CT molecular complexity index is 1060. The van der Waals surface area contributed by atoms with E-state index in [1.807, 2.05) is 37.1 Å². The highest BCUT2D eigenvalue weighted by Crippen LogP contribution is 2.27. The molecule has 8 nitrogen and oxygen atoms in total. The lowest BCUT2D eigenvalue weighted by atomic mass is 10.1. The molecule has 1 heterocycles. The first kappa shape index (κ1) is 20.5. The third kappa shape index (κ3) is 4.78. The number of anilines is 1. The van der Waals surface area contributed by atoms with Gasteiger partial charge in [0.15, 0.2) is 11.5 Å². The summed E-state index contributed by atoms with van der Waals surface area (Å²) in [5, 5.41) is 2.90. The second kappa shape index (κ2) is 8.83. The maximum absolute atomic E-state index is 12.6. The van der Waals surface area contributed by atoms with Gasteiger partial charge in [-0.15, -0.1) is 0 Å². The van der Waals surface area contributed by atoms with Crippen LogP contribution in [-0.2, 0) is 11.2 Å². The predicted octanol–water partition coefficient (Wildman–Crippen LogP) is 2.37. The van der Waals surface area contributed by atoms with Crippen LogP contribution in [0.1, 0.15) is 12.5 Å². The molecule has 1 amide bonds. The monoisotopic (exact) mass is 398 g/mol. The largest absolute Gasteiger partial charge is 0.493 e. The predicted molar refractivity (Wildman–Crippen MR) is 113 cm³/mol. The van der Waals surface area contributed by atoms with Crippen molar-refractivity contribution in [1.82, 2.24) is 14.9 Å². The van der Waals surface area contributed by atoms with Gasteiger partial charge in [0.2, 0.25) is 5.91 Å². The Hall–Kier alpha value is -3.26. The Morgan fingerprint density at radius 3 is 2.52 bits per heavy atom. The molecule has 0 aliphatic heterocycles. The normalized spacial score (nSPS) is 12.2. The van der Waals surface area contributed by atoms with Crippen LogP contribution >= 0.6 is 0 Å². The fraction of sp³-hybridized carbons (Fsp3) is 0.333. The van der Waals surface area contributed by atoms with Gasteiger partial charge in [0, 0.05) is 12.2 Å². The number of fused-ring (bicyclic) bond motifs is 1. The summed E-state index contributed by atoms with van der Waals surface area (Å²) in [7, 11) is 5.13. The van der Waals surface area contributed by atoms with Crippen molar-refractivity contribution < 1.29 is 14.3 Å². The Morgan fingerprint density at radius 2 is 1.79 bits per heavy atom. The first-order valence-corrected chi connectivity index (χ1v) is 9.35. The highest BCUT2D eigenvalue weighted by molar-refractivity contribution is 5.96. The van der Waals surface area contributed by atoms with Crippen LogP contribution in [-0.4, -0.2) is 54.6 Å². The van der Waals surface area contributed by atoms with Gasteiger partial charge < -0.3 is 24.8 Å². The number of likely N-dealkylation sites (N-methyl/N-ethyl adjacent to an activating group) is 1. The van der Waals surface area contributed by atoms with E-state index in [9.17, 15) is 9.59 Å². The molecule has 3 N–H and O–H groups in total. The van der Waals surface area contributed by atoms with Crippen molar-refractivity contribution in [3.63, 3.8) is 0 Å². The molecule has 1 aromatic heterocycles. The number of aromatic nitrogens is 2. The maximum atomic E-state index is 12.6. The van der Waals surface area contributed by atoms with Gasteiger partial charge in [-0.1, -0.05) is 6.07 Å². The lowest BCUT2D eigenvalue weighted by Gasteiger charge is -2.24. The number of carbonyl (C=O) groups is 1. The molecule has 0 aliphatic carbocycles. The molecule has 2 aromatic carbocycles. The van der Waals surface area contributed by atoms with Gasteiger partial charge in [0.1, 0.15) is 0 Å². The van der Waals surface area contributed by atoms with Crippen molar-refractivity contribution in [2.75, 3.05) is 33.1 Å². The zero-order chi connectivity index (χ0) is 21.0. The van der Waals surface area contributed by atoms with Gasteiger partial charge in [-0.25, -0.2) is 4.79 Å². The highest BCUT2D eigenvalue weighted by atomic mass is 16.5. The molecular weight excluding hydrogens is 372 g/mol. The molecule has 0 aliphatic rings. The Balaban J connectivity index is 1.59. The van der Waals surface area contributed by atoms with Gasteiger partial charge in [-0.3, -0.25) is 9.69 Å². The van der Waals surface area contributed by atoms with Crippen LogP contribution in [0.5, 0.6) is 11.5 Å². The number of H-pyrrole nitrogens is 2. The van der Waals surface area contributed by atoms with Crippen molar-refractivity contribution in [3.8, 4) is 11.5 Å². The summed E-state index contributed by atoms with van der Waals surface area (Å²) in [5.41, 5.74) is 2.82. The number of benzene rings is 2. The van der Waals surface area contributed by atoms with E-state index >= 15 is 0 Å². The summed E-state index contributed by atoms with van der Waals surface area (Å²) in [6.07, 6.45) is 0.769. The quantitative estimate of drug-likeness (QED) is 0.541. The molecular formula is C21H26N4O4. The van der Waals surface area contributed by atoms with Gasteiger partial charge in [0.05, 0.1) is 31.3 Å². The molecule has 0 radical (unpaired) electrons. The SMILES string of the molecule is COc1ccc(CCN(C)[C@@H](C)C(=O)Nc2ccc3[nH]c(=O)[nH]c3c2)cc1OC. The summed E-state index contributed by atoms with van der Waals surface area (Å²) < 4.78 is 10.6. The van der Waals surface area contributed by atoms with E-state index in [1.54, 1.807) is 32.4 Å². The molecule has 0 saturated carbocycles. The Kier molecular flexibility index (Phi) is 6.23. The minimum absolute atomic E-state index is 0.114. The van der Waals surface area contributed by atoms with Crippen LogP contribution in [0, 0.1) is 0 Å².